The summed E-state index contributed by atoms with van der Waals surface area (Å²) in [6, 6.07) is 5.76. The third kappa shape index (κ3) is 2.46. The summed E-state index contributed by atoms with van der Waals surface area (Å²) >= 11 is 3.44. The maximum atomic E-state index is 5.39. The van der Waals surface area contributed by atoms with Crippen LogP contribution >= 0.6 is 15.9 Å². The minimum atomic E-state index is 0.583. The summed E-state index contributed by atoms with van der Waals surface area (Å²) in [6.45, 7) is 2.53. The summed E-state index contributed by atoms with van der Waals surface area (Å²) in [6.07, 6.45) is 7.08. The minimum absolute atomic E-state index is 0.583. The first-order valence-corrected chi connectivity index (χ1v) is 6.96. The van der Waals surface area contributed by atoms with Crippen molar-refractivity contribution in [2.75, 3.05) is 5.32 Å². The SMILES string of the molecule is Cc1nccn1-c1ncccc1NCc1occc1Br. The molecule has 3 aromatic rings. The van der Waals surface area contributed by atoms with Crippen molar-refractivity contribution in [2.24, 2.45) is 0 Å². The average Bonchev–Trinajstić information content (AvgIpc) is 3.06. The van der Waals surface area contributed by atoms with E-state index in [2.05, 4.69) is 31.2 Å². The summed E-state index contributed by atoms with van der Waals surface area (Å²) in [7, 11) is 0. The largest absolute Gasteiger partial charge is 0.466 e. The highest BCUT2D eigenvalue weighted by Gasteiger charge is 2.09. The number of aromatic nitrogens is 3. The van der Waals surface area contributed by atoms with Crippen LogP contribution < -0.4 is 5.32 Å². The topological polar surface area (TPSA) is 55.9 Å². The van der Waals surface area contributed by atoms with Gasteiger partial charge in [-0.2, -0.15) is 0 Å². The summed E-state index contributed by atoms with van der Waals surface area (Å²) in [4.78, 5) is 8.65. The smallest absolute Gasteiger partial charge is 0.161 e. The minimum Gasteiger partial charge on any atom is -0.466 e. The predicted octanol–water partition coefficient (Wildman–Crippen LogP) is 3.54. The first-order valence-electron chi connectivity index (χ1n) is 6.17. The van der Waals surface area contributed by atoms with E-state index >= 15 is 0 Å². The summed E-state index contributed by atoms with van der Waals surface area (Å²) in [5, 5.41) is 3.34. The molecule has 0 spiro atoms. The number of furan rings is 1. The summed E-state index contributed by atoms with van der Waals surface area (Å²) in [5.74, 6) is 2.57. The number of rotatable bonds is 4. The van der Waals surface area contributed by atoms with Gasteiger partial charge in [0.1, 0.15) is 11.6 Å². The molecule has 0 radical (unpaired) electrons. The van der Waals surface area contributed by atoms with Gasteiger partial charge in [0.15, 0.2) is 5.82 Å². The maximum Gasteiger partial charge on any atom is 0.161 e. The standard InChI is InChI=1S/C14H13BrN4O/c1-10-16-6-7-19(10)14-12(3-2-5-17-14)18-9-13-11(15)4-8-20-13/h2-8,18H,9H2,1H3. The molecule has 3 aromatic heterocycles. The number of aryl methyl sites for hydroxylation is 1. The van der Waals surface area contributed by atoms with Crippen molar-refractivity contribution >= 4 is 21.6 Å². The Morgan fingerprint density at radius 2 is 2.20 bits per heavy atom. The highest BCUT2D eigenvalue weighted by molar-refractivity contribution is 9.10. The Kier molecular flexibility index (Phi) is 3.56. The van der Waals surface area contributed by atoms with Gasteiger partial charge in [0, 0.05) is 18.6 Å². The first kappa shape index (κ1) is 12.9. The van der Waals surface area contributed by atoms with Gasteiger partial charge in [0.25, 0.3) is 0 Å². The van der Waals surface area contributed by atoms with Crippen molar-refractivity contribution in [3.05, 3.63) is 59.1 Å². The van der Waals surface area contributed by atoms with Crippen molar-refractivity contribution < 1.29 is 4.42 Å². The zero-order chi connectivity index (χ0) is 13.9. The number of nitrogens with one attached hydrogen (secondary N) is 1. The van der Waals surface area contributed by atoms with Crippen molar-refractivity contribution in [1.29, 1.82) is 0 Å². The normalized spacial score (nSPS) is 10.7. The number of halogens is 1. The van der Waals surface area contributed by atoms with Gasteiger partial charge in [-0.25, -0.2) is 9.97 Å². The first-order chi connectivity index (χ1) is 9.75. The zero-order valence-electron chi connectivity index (χ0n) is 10.9. The van der Waals surface area contributed by atoms with Gasteiger partial charge in [0.2, 0.25) is 0 Å². The Hall–Kier alpha value is -2.08. The van der Waals surface area contributed by atoms with Gasteiger partial charge in [-0.15, -0.1) is 0 Å². The third-order valence-corrected chi connectivity index (χ3v) is 3.68. The van der Waals surface area contributed by atoms with Gasteiger partial charge in [-0.3, -0.25) is 4.57 Å². The molecule has 0 atom stereocenters. The monoisotopic (exact) mass is 332 g/mol. The molecule has 102 valence electrons. The van der Waals surface area contributed by atoms with E-state index in [9.17, 15) is 0 Å². The van der Waals surface area contributed by atoms with E-state index in [1.54, 1.807) is 18.7 Å². The molecule has 0 aromatic carbocycles. The lowest BCUT2D eigenvalue weighted by Gasteiger charge is -2.11. The fourth-order valence-electron chi connectivity index (χ4n) is 1.96. The molecule has 0 aliphatic heterocycles. The predicted molar refractivity (Wildman–Crippen MR) is 79.8 cm³/mol. The van der Waals surface area contributed by atoms with Crippen LogP contribution in [-0.4, -0.2) is 14.5 Å². The summed E-state index contributed by atoms with van der Waals surface area (Å²) in [5.41, 5.74) is 0.928. The van der Waals surface area contributed by atoms with Crippen LogP contribution in [0, 0.1) is 6.92 Å². The van der Waals surface area contributed by atoms with Crippen LogP contribution in [0.2, 0.25) is 0 Å². The van der Waals surface area contributed by atoms with E-state index < -0.39 is 0 Å². The number of imidazole rings is 1. The number of pyridine rings is 1. The molecular weight excluding hydrogens is 320 g/mol. The molecule has 6 heteroatoms. The fourth-order valence-corrected chi connectivity index (χ4v) is 2.30. The highest BCUT2D eigenvalue weighted by atomic mass is 79.9. The number of hydrogen-bond donors (Lipinski definition) is 1. The third-order valence-electron chi connectivity index (χ3n) is 2.97. The van der Waals surface area contributed by atoms with Gasteiger partial charge < -0.3 is 9.73 Å². The Balaban J connectivity index is 1.87. The summed E-state index contributed by atoms with van der Waals surface area (Å²) < 4.78 is 8.29. The van der Waals surface area contributed by atoms with E-state index in [-0.39, 0.29) is 0 Å². The number of anilines is 1. The lowest BCUT2D eigenvalue weighted by molar-refractivity contribution is 0.516. The highest BCUT2D eigenvalue weighted by Crippen LogP contribution is 2.22. The molecule has 0 amide bonds. The van der Waals surface area contributed by atoms with Crippen molar-refractivity contribution in [3.63, 3.8) is 0 Å². The second kappa shape index (κ2) is 5.50. The fraction of sp³-hybridized carbons (Fsp3) is 0.143. The van der Waals surface area contributed by atoms with Crippen LogP contribution in [0.15, 0.2) is 51.9 Å². The molecule has 20 heavy (non-hydrogen) atoms. The second-order valence-electron chi connectivity index (χ2n) is 4.26. The molecular formula is C14H13BrN4O. The van der Waals surface area contributed by atoms with E-state index in [4.69, 9.17) is 4.42 Å². The van der Waals surface area contributed by atoms with Crippen LogP contribution in [-0.2, 0) is 6.54 Å². The molecule has 0 saturated carbocycles. The number of nitrogens with zero attached hydrogens (tertiary/aromatic N) is 3. The van der Waals surface area contributed by atoms with Crippen LogP contribution in [0.1, 0.15) is 11.6 Å². The molecule has 0 unspecified atom stereocenters. The van der Waals surface area contributed by atoms with Crippen LogP contribution in [0.5, 0.6) is 0 Å². The molecule has 0 saturated heterocycles. The van der Waals surface area contributed by atoms with Gasteiger partial charge in [-0.1, -0.05) is 0 Å². The lowest BCUT2D eigenvalue weighted by Crippen LogP contribution is -2.06. The Labute approximate surface area is 124 Å². The molecule has 0 aliphatic carbocycles. The van der Waals surface area contributed by atoms with Gasteiger partial charge >= 0.3 is 0 Å². The molecule has 3 rings (SSSR count). The molecule has 0 aliphatic rings. The molecule has 1 N–H and O–H groups in total. The van der Waals surface area contributed by atoms with Crippen LogP contribution in [0.25, 0.3) is 5.82 Å². The van der Waals surface area contributed by atoms with Crippen LogP contribution in [0.3, 0.4) is 0 Å². The van der Waals surface area contributed by atoms with Crippen molar-refractivity contribution in [2.45, 2.75) is 13.5 Å². The van der Waals surface area contributed by atoms with Crippen molar-refractivity contribution in [1.82, 2.24) is 14.5 Å². The lowest BCUT2D eigenvalue weighted by atomic mass is 10.3. The number of hydrogen-bond acceptors (Lipinski definition) is 4. The zero-order valence-corrected chi connectivity index (χ0v) is 12.5. The van der Waals surface area contributed by atoms with Gasteiger partial charge in [0.05, 0.1) is 23.0 Å². The van der Waals surface area contributed by atoms with Crippen molar-refractivity contribution in [3.8, 4) is 5.82 Å². The quantitative estimate of drug-likeness (QED) is 0.793. The second-order valence-corrected chi connectivity index (χ2v) is 5.12. The Morgan fingerprint density at radius 1 is 1.30 bits per heavy atom. The molecule has 5 nitrogen and oxygen atoms in total. The Bertz CT molecular complexity index is 719. The van der Waals surface area contributed by atoms with E-state index in [0.717, 1.165) is 27.6 Å². The molecule has 0 fully saturated rings. The van der Waals surface area contributed by atoms with Crippen LogP contribution in [0.4, 0.5) is 5.69 Å². The van der Waals surface area contributed by atoms with E-state index in [1.807, 2.05) is 35.9 Å². The molecule has 3 heterocycles. The van der Waals surface area contributed by atoms with E-state index in [0.29, 0.717) is 6.54 Å². The average molecular weight is 333 g/mol. The van der Waals surface area contributed by atoms with E-state index in [1.165, 1.54) is 0 Å². The van der Waals surface area contributed by atoms with Gasteiger partial charge in [-0.05, 0) is 41.1 Å². The maximum absolute atomic E-state index is 5.39. The Morgan fingerprint density at radius 3 is 2.90 bits per heavy atom. The molecule has 0 bridgehead atoms.